The van der Waals surface area contributed by atoms with Crippen LogP contribution in [0.25, 0.3) is 0 Å². The number of nitrogen functional groups attached to an aromatic ring is 1. The molecule has 0 atom stereocenters. The molecule has 1 heterocycles. The molecule has 2 aromatic rings. The Bertz CT molecular complexity index is 598. The van der Waals surface area contributed by atoms with E-state index >= 15 is 0 Å². The second-order valence-corrected chi connectivity index (χ2v) is 4.82. The number of halogens is 1. The van der Waals surface area contributed by atoms with Crippen LogP contribution < -0.4 is 10.6 Å². The Morgan fingerprint density at radius 3 is 2.70 bits per heavy atom. The van der Waals surface area contributed by atoms with Crippen LogP contribution in [0.3, 0.4) is 0 Å². The Morgan fingerprint density at radius 1 is 1.35 bits per heavy atom. The van der Waals surface area contributed by atoms with Gasteiger partial charge in [-0.3, -0.25) is 10.4 Å². The molecule has 0 amide bonds. The predicted octanol–water partition coefficient (Wildman–Crippen LogP) is 3.05. The average molecular weight is 289 g/mol. The molecular weight excluding hydrogens is 272 g/mol. The predicted molar refractivity (Wildman–Crippen MR) is 83.4 cm³/mol. The van der Waals surface area contributed by atoms with E-state index in [0.717, 1.165) is 17.9 Å². The first-order chi connectivity index (χ1) is 9.61. The summed E-state index contributed by atoms with van der Waals surface area (Å²) in [6, 6.07) is 11.4. The first kappa shape index (κ1) is 14.3. The lowest BCUT2D eigenvalue weighted by molar-refractivity contribution is 0.810. The van der Waals surface area contributed by atoms with Crippen molar-refractivity contribution in [2.75, 3.05) is 11.4 Å². The minimum Gasteiger partial charge on any atom is -0.384 e. The lowest BCUT2D eigenvalue weighted by Crippen LogP contribution is -2.23. The van der Waals surface area contributed by atoms with E-state index < -0.39 is 0 Å². The fourth-order valence-electron chi connectivity index (χ4n) is 1.99. The van der Waals surface area contributed by atoms with Crippen molar-refractivity contribution < 1.29 is 0 Å². The second kappa shape index (κ2) is 6.39. The Hall–Kier alpha value is -2.07. The third-order valence-corrected chi connectivity index (χ3v) is 3.38. The lowest BCUT2D eigenvalue weighted by Gasteiger charge is -2.23. The number of nitrogens with zero attached hydrogens (tertiary/aromatic N) is 2. The van der Waals surface area contributed by atoms with Gasteiger partial charge in [-0.25, -0.2) is 0 Å². The molecule has 104 valence electrons. The zero-order valence-corrected chi connectivity index (χ0v) is 12.1. The van der Waals surface area contributed by atoms with Gasteiger partial charge in [-0.05, 0) is 37.3 Å². The van der Waals surface area contributed by atoms with Crippen LogP contribution in [-0.2, 0) is 6.54 Å². The number of hydrogen-bond acceptors (Lipinski definition) is 3. The molecule has 1 aromatic carbocycles. The zero-order valence-electron chi connectivity index (χ0n) is 11.3. The summed E-state index contributed by atoms with van der Waals surface area (Å²) in [4.78, 5) is 6.50. The third kappa shape index (κ3) is 3.27. The Balaban J connectivity index is 2.24. The van der Waals surface area contributed by atoms with Crippen molar-refractivity contribution in [1.29, 1.82) is 5.41 Å². The molecule has 5 heteroatoms. The van der Waals surface area contributed by atoms with Gasteiger partial charge >= 0.3 is 0 Å². The maximum Gasteiger partial charge on any atom is 0.124 e. The molecule has 0 unspecified atom stereocenters. The summed E-state index contributed by atoms with van der Waals surface area (Å²) in [5.74, 6) is -0.0191. The van der Waals surface area contributed by atoms with Crippen LogP contribution in [0.4, 0.5) is 5.69 Å². The molecule has 0 spiro atoms. The first-order valence-electron chi connectivity index (χ1n) is 6.40. The van der Waals surface area contributed by atoms with E-state index in [1.807, 2.05) is 30.3 Å². The van der Waals surface area contributed by atoms with E-state index in [1.165, 1.54) is 0 Å². The highest BCUT2D eigenvalue weighted by atomic mass is 35.5. The molecule has 0 saturated heterocycles. The Labute approximate surface area is 123 Å². The summed E-state index contributed by atoms with van der Waals surface area (Å²) in [5, 5.41) is 7.94. The molecule has 1 aromatic heterocycles. The van der Waals surface area contributed by atoms with Gasteiger partial charge in [0.15, 0.2) is 0 Å². The van der Waals surface area contributed by atoms with Crippen molar-refractivity contribution in [2.24, 2.45) is 5.73 Å². The number of hydrogen-bond donors (Lipinski definition) is 2. The van der Waals surface area contributed by atoms with Gasteiger partial charge in [-0.2, -0.15) is 0 Å². The van der Waals surface area contributed by atoms with Gasteiger partial charge in [0.2, 0.25) is 0 Å². The minimum atomic E-state index is -0.0191. The summed E-state index contributed by atoms with van der Waals surface area (Å²) in [6.07, 6.45) is 1.79. The summed E-state index contributed by atoms with van der Waals surface area (Å²) in [7, 11) is 0. The summed E-state index contributed by atoms with van der Waals surface area (Å²) >= 11 is 6.17. The number of nitrogens with one attached hydrogen (secondary N) is 1. The fraction of sp³-hybridized carbons (Fsp3) is 0.200. The van der Waals surface area contributed by atoms with Crippen LogP contribution in [0.5, 0.6) is 0 Å². The molecule has 0 aliphatic carbocycles. The largest absolute Gasteiger partial charge is 0.384 e. The topological polar surface area (TPSA) is 66.0 Å². The fourth-order valence-corrected chi connectivity index (χ4v) is 2.27. The highest BCUT2D eigenvalue weighted by Gasteiger charge is 2.10. The molecule has 0 radical (unpaired) electrons. The molecule has 3 N–H and O–H groups in total. The van der Waals surface area contributed by atoms with Gasteiger partial charge in [0, 0.05) is 24.0 Å². The van der Waals surface area contributed by atoms with Gasteiger partial charge in [-0.1, -0.05) is 17.7 Å². The molecule has 0 saturated carbocycles. The average Bonchev–Trinajstić information content (AvgIpc) is 2.45. The van der Waals surface area contributed by atoms with E-state index in [4.69, 9.17) is 22.7 Å². The number of aromatic nitrogens is 1. The van der Waals surface area contributed by atoms with Crippen LogP contribution >= 0.6 is 11.6 Å². The monoisotopic (exact) mass is 288 g/mol. The smallest absolute Gasteiger partial charge is 0.124 e. The number of benzene rings is 1. The van der Waals surface area contributed by atoms with E-state index in [9.17, 15) is 0 Å². The van der Waals surface area contributed by atoms with Gasteiger partial charge in [0.25, 0.3) is 0 Å². The summed E-state index contributed by atoms with van der Waals surface area (Å²) < 4.78 is 0. The molecule has 0 bridgehead atoms. The molecule has 20 heavy (non-hydrogen) atoms. The summed E-state index contributed by atoms with van der Waals surface area (Å²) in [6.45, 7) is 3.63. The van der Waals surface area contributed by atoms with Crippen LogP contribution in [0.1, 0.15) is 18.2 Å². The number of nitrogens with two attached hydrogens (primary N) is 1. The van der Waals surface area contributed by atoms with Gasteiger partial charge in [-0.15, -0.1) is 0 Å². The number of pyridine rings is 1. The molecule has 4 nitrogen and oxygen atoms in total. The maximum absolute atomic E-state index is 7.45. The molecule has 0 aliphatic rings. The molecule has 2 rings (SSSR count). The van der Waals surface area contributed by atoms with Crippen molar-refractivity contribution >= 4 is 23.1 Å². The van der Waals surface area contributed by atoms with Gasteiger partial charge < -0.3 is 10.6 Å². The van der Waals surface area contributed by atoms with Crippen LogP contribution in [0.15, 0.2) is 42.6 Å². The van der Waals surface area contributed by atoms with Crippen molar-refractivity contribution in [3.05, 3.63) is 58.9 Å². The van der Waals surface area contributed by atoms with E-state index in [2.05, 4.69) is 16.8 Å². The number of rotatable bonds is 5. The maximum atomic E-state index is 7.45. The van der Waals surface area contributed by atoms with Crippen LogP contribution in [0, 0.1) is 5.41 Å². The van der Waals surface area contributed by atoms with Crippen LogP contribution in [-0.4, -0.2) is 17.4 Å². The van der Waals surface area contributed by atoms with Crippen molar-refractivity contribution in [3.63, 3.8) is 0 Å². The normalized spacial score (nSPS) is 10.3. The van der Waals surface area contributed by atoms with Crippen molar-refractivity contribution in [2.45, 2.75) is 13.5 Å². The van der Waals surface area contributed by atoms with E-state index in [0.29, 0.717) is 17.1 Å². The zero-order chi connectivity index (χ0) is 14.5. The summed E-state index contributed by atoms with van der Waals surface area (Å²) in [5.41, 5.74) is 8.03. The number of anilines is 1. The second-order valence-electron chi connectivity index (χ2n) is 4.41. The molecule has 0 fully saturated rings. The van der Waals surface area contributed by atoms with E-state index in [-0.39, 0.29) is 5.84 Å². The van der Waals surface area contributed by atoms with Crippen molar-refractivity contribution in [3.8, 4) is 0 Å². The molecule has 0 aliphatic heterocycles. The third-order valence-electron chi connectivity index (χ3n) is 3.07. The molecular formula is C15H17ClN4. The SMILES string of the molecule is CCN(Cc1ccccn1)c1ccc(C(=N)N)c(Cl)c1. The lowest BCUT2D eigenvalue weighted by atomic mass is 10.1. The first-order valence-corrected chi connectivity index (χ1v) is 6.78. The van der Waals surface area contributed by atoms with Crippen LogP contribution in [0.2, 0.25) is 5.02 Å². The quantitative estimate of drug-likeness (QED) is 0.656. The minimum absolute atomic E-state index is 0.0191. The number of amidine groups is 1. The Kier molecular flexibility index (Phi) is 4.58. The highest BCUT2D eigenvalue weighted by molar-refractivity contribution is 6.34. The van der Waals surface area contributed by atoms with Gasteiger partial charge in [0.05, 0.1) is 17.3 Å². The highest BCUT2D eigenvalue weighted by Crippen LogP contribution is 2.24. The standard InChI is InChI=1S/C15H17ClN4/c1-2-20(10-11-5-3-4-8-19-11)12-6-7-13(15(17)18)14(16)9-12/h3-9H,2,10H2,1H3,(H3,17,18). The van der Waals surface area contributed by atoms with Crippen molar-refractivity contribution in [1.82, 2.24) is 4.98 Å². The van der Waals surface area contributed by atoms with Gasteiger partial charge in [0.1, 0.15) is 5.84 Å². The Morgan fingerprint density at radius 2 is 2.15 bits per heavy atom. The van der Waals surface area contributed by atoms with E-state index in [1.54, 1.807) is 12.3 Å².